The Morgan fingerprint density at radius 2 is 2.12 bits per heavy atom. The molecule has 17 heavy (non-hydrogen) atoms. The van der Waals surface area contributed by atoms with Gasteiger partial charge in [-0.25, -0.2) is 0 Å². The van der Waals surface area contributed by atoms with Gasteiger partial charge < -0.3 is 0 Å². The minimum atomic E-state index is -3.67. The fraction of sp³-hybridized carbons (Fsp3) is 0.455. The van der Waals surface area contributed by atoms with Crippen LogP contribution in [0.2, 0.25) is 0 Å². The number of rotatable bonds is 1. The van der Waals surface area contributed by atoms with Gasteiger partial charge in [0.15, 0.2) is 0 Å². The molecule has 1 atom stereocenters. The Kier molecular flexibility index (Phi) is 6.12. The molecule has 1 aromatic rings. The van der Waals surface area contributed by atoms with Gasteiger partial charge in [-0.3, -0.25) is 4.55 Å². The van der Waals surface area contributed by atoms with Gasteiger partial charge in [0.05, 0.1) is 6.26 Å². The van der Waals surface area contributed by atoms with Crippen molar-refractivity contribution in [3.8, 4) is 0 Å². The quantitative estimate of drug-likeness (QED) is 0.593. The summed E-state index contributed by atoms with van der Waals surface area (Å²) in [6.45, 7) is 1.86. The molecule has 1 saturated heterocycles. The van der Waals surface area contributed by atoms with E-state index in [1.165, 1.54) is 14.8 Å². The molecular formula is C11H15NaO4S. The molecule has 0 saturated carbocycles. The van der Waals surface area contributed by atoms with Gasteiger partial charge >= 0.3 is 90.9 Å². The Morgan fingerprint density at radius 1 is 1.47 bits per heavy atom. The molecule has 0 aliphatic carbocycles. The molecule has 1 fully saturated rings. The molecule has 0 aromatic heterocycles. The van der Waals surface area contributed by atoms with Gasteiger partial charge in [-0.15, -0.1) is 0 Å². The Labute approximate surface area is 120 Å². The van der Waals surface area contributed by atoms with E-state index in [0.29, 0.717) is 12.2 Å². The molecule has 0 radical (unpaired) electrons. The zero-order valence-corrected chi connectivity index (χ0v) is 12.9. The SMILES string of the molecule is CS(=O)(=O)O.[Na][c]1cccc(C2CCOC2)c1. The first-order valence-electron chi connectivity index (χ1n) is 5.43. The number of benzene rings is 1. The van der Waals surface area contributed by atoms with Crippen LogP contribution >= 0.6 is 0 Å². The van der Waals surface area contributed by atoms with Crippen molar-refractivity contribution in [3.63, 3.8) is 0 Å². The summed E-state index contributed by atoms with van der Waals surface area (Å²) >= 11 is 1.15. The number of hydrogen-bond donors (Lipinski definition) is 1. The third kappa shape index (κ3) is 7.18. The fourth-order valence-corrected chi connectivity index (χ4v) is 2.25. The van der Waals surface area contributed by atoms with Crippen LogP contribution < -0.4 is 2.81 Å². The van der Waals surface area contributed by atoms with Gasteiger partial charge in [0.2, 0.25) is 0 Å². The van der Waals surface area contributed by atoms with Crippen LogP contribution in [-0.4, -0.2) is 60.4 Å². The summed E-state index contributed by atoms with van der Waals surface area (Å²) in [5, 5.41) is 0. The van der Waals surface area contributed by atoms with E-state index < -0.39 is 10.1 Å². The van der Waals surface area contributed by atoms with Crippen LogP contribution in [0.5, 0.6) is 0 Å². The Bertz CT molecular complexity index is 444. The summed E-state index contributed by atoms with van der Waals surface area (Å²) in [4.78, 5) is 0. The molecule has 6 heteroatoms. The van der Waals surface area contributed by atoms with E-state index in [0.717, 1.165) is 41.1 Å². The van der Waals surface area contributed by atoms with E-state index in [1.807, 2.05) is 0 Å². The van der Waals surface area contributed by atoms with Gasteiger partial charge in [0.1, 0.15) is 0 Å². The van der Waals surface area contributed by atoms with Gasteiger partial charge in [-0.05, 0) is 0 Å². The predicted molar refractivity (Wildman–Crippen MR) is 67.5 cm³/mol. The van der Waals surface area contributed by atoms with E-state index in [-0.39, 0.29) is 0 Å². The summed E-state index contributed by atoms with van der Waals surface area (Å²) in [6, 6.07) is 8.91. The molecular weight excluding hydrogens is 251 g/mol. The van der Waals surface area contributed by atoms with Crippen molar-refractivity contribution in [2.75, 3.05) is 19.5 Å². The number of hydrogen-bond acceptors (Lipinski definition) is 3. The van der Waals surface area contributed by atoms with E-state index in [9.17, 15) is 8.42 Å². The van der Waals surface area contributed by atoms with E-state index in [1.54, 1.807) is 0 Å². The molecule has 1 aliphatic heterocycles. The first-order valence-corrected chi connectivity index (χ1v) is 8.28. The molecule has 0 spiro atoms. The Hall–Kier alpha value is 0.0900. The van der Waals surface area contributed by atoms with Crippen molar-refractivity contribution in [1.82, 2.24) is 0 Å². The van der Waals surface area contributed by atoms with E-state index in [2.05, 4.69) is 24.3 Å². The van der Waals surface area contributed by atoms with Gasteiger partial charge in [-0.1, -0.05) is 0 Å². The average molecular weight is 266 g/mol. The topological polar surface area (TPSA) is 63.6 Å². The molecule has 1 aliphatic rings. The first kappa shape index (κ1) is 15.1. The van der Waals surface area contributed by atoms with Crippen LogP contribution in [0.25, 0.3) is 0 Å². The second kappa shape index (κ2) is 6.87. The fourth-order valence-electron chi connectivity index (χ4n) is 1.72. The monoisotopic (exact) mass is 266 g/mol. The molecule has 1 N–H and O–H groups in total. The molecule has 1 aromatic carbocycles. The molecule has 0 amide bonds. The van der Waals surface area contributed by atoms with Crippen molar-refractivity contribution < 1.29 is 17.7 Å². The molecule has 2 rings (SSSR count). The van der Waals surface area contributed by atoms with Crippen molar-refractivity contribution in [2.45, 2.75) is 12.3 Å². The van der Waals surface area contributed by atoms with Crippen LogP contribution in [0.1, 0.15) is 17.9 Å². The summed E-state index contributed by atoms with van der Waals surface area (Å²) < 4.78 is 32.7. The normalized spacial score (nSPS) is 19.6. The third-order valence-electron chi connectivity index (χ3n) is 2.44. The number of ether oxygens (including phenoxy) is 1. The van der Waals surface area contributed by atoms with Gasteiger partial charge in [0, 0.05) is 0 Å². The van der Waals surface area contributed by atoms with Crippen molar-refractivity contribution in [2.24, 2.45) is 0 Å². The first-order chi connectivity index (χ1) is 7.86. The molecule has 4 nitrogen and oxygen atoms in total. The summed E-state index contributed by atoms with van der Waals surface area (Å²) in [6.07, 6.45) is 1.91. The third-order valence-corrected chi connectivity index (χ3v) is 3.07. The van der Waals surface area contributed by atoms with Crippen molar-refractivity contribution in [3.05, 3.63) is 29.8 Å². The molecule has 1 heterocycles. The van der Waals surface area contributed by atoms with Crippen LogP contribution in [0, 0.1) is 0 Å². The minimum absolute atomic E-state index is 0.666. The summed E-state index contributed by atoms with van der Waals surface area (Å²) in [5.41, 5.74) is 1.47. The van der Waals surface area contributed by atoms with Crippen molar-refractivity contribution in [1.29, 1.82) is 0 Å². The van der Waals surface area contributed by atoms with Crippen LogP contribution in [-0.2, 0) is 14.9 Å². The van der Waals surface area contributed by atoms with Gasteiger partial charge in [0.25, 0.3) is 10.1 Å². The van der Waals surface area contributed by atoms with Crippen LogP contribution in [0.3, 0.4) is 0 Å². The summed E-state index contributed by atoms with van der Waals surface area (Å²) in [5.74, 6) is 0.666. The van der Waals surface area contributed by atoms with E-state index >= 15 is 0 Å². The average Bonchev–Trinajstić information content (AvgIpc) is 2.67. The predicted octanol–water partition coefficient (Wildman–Crippen LogP) is 0.488. The van der Waals surface area contributed by atoms with Crippen LogP contribution in [0.15, 0.2) is 24.3 Å². The maximum atomic E-state index is 9.19. The van der Waals surface area contributed by atoms with Crippen molar-refractivity contribution >= 4 is 40.9 Å². The Balaban J connectivity index is 0.000000249. The van der Waals surface area contributed by atoms with E-state index in [4.69, 9.17) is 9.29 Å². The van der Waals surface area contributed by atoms with Crippen LogP contribution in [0.4, 0.5) is 0 Å². The maximum absolute atomic E-state index is 9.19. The Morgan fingerprint density at radius 3 is 2.59 bits per heavy atom. The summed E-state index contributed by atoms with van der Waals surface area (Å²) in [7, 11) is -3.67. The second-order valence-corrected chi connectivity index (χ2v) is 6.83. The van der Waals surface area contributed by atoms with Gasteiger partial charge in [-0.2, -0.15) is 8.42 Å². The second-order valence-electron chi connectivity index (χ2n) is 4.21. The molecule has 0 bridgehead atoms. The zero-order valence-electron chi connectivity index (χ0n) is 10.1. The standard InChI is InChI=1S/C10H11O.CH4O3S.Na/c1-2-4-9(5-3-1)10-6-7-11-8-10;1-5(2,3)4;/h1-2,4-5,10H,6-8H2;1H3,(H,2,3,4);. The zero-order chi connectivity index (χ0) is 12.9. The molecule has 90 valence electrons. The molecule has 1 unspecified atom stereocenters.